The number of aryl methyl sites for hydroxylation is 1. The normalized spacial score (nSPS) is 10.0. The lowest BCUT2D eigenvalue weighted by Gasteiger charge is -2.21. The standard InChI is InChI=1S/C19H20N2O4/c1-13-4-8-16(9-5-13)20-18(23)12-21(14(2)22)17-10-6-15(7-11-17)19(24)25-3/h4-11H,12H2,1-3H3,(H,20,23). The van der Waals surface area contributed by atoms with Crippen LogP contribution in [-0.4, -0.2) is 31.4 Å². The van der Waals surface area contributed by atoms with Gasteiger partial charge in [0.05, 0.1) is 12.7 Å². The van der Waals surface area contributed by atoms with Gasteiger partial charge < -0.3 is 15.0 Å². The SMILES string of the molecule is COC(=O)c1ccc(N(CC(=O)Nc2ccc(C)cc2)C(C)=O)cc1. The topological polar surface area (TPSA) is 75.7 Å². The molecule has 0 aliphatic heterocycles. The zero-order valence-corrected chi connectivity index (χ0v) is 14.4. The molecule has 0 aliphatic rings. The van der Waals surface area contributed by atoms with Crippen molar-refractivity contribution in [2.24, 2.45) is 0 Å². The maximum absolute atomic E-state index is 12.2. The highest BCUT2D eigenvalue weighted by atomic mass is 16.5. The summed E-state index contributed by atoms with van der Waals surface area (Å²) in [6.45, 7) is 3.22. The number of ether oxygens (including phenoxy) is 1. The van der Waals surface area contributed by atoms with Crippen molar-refractivity contribution in [3.05, 3.63) is 59.7 Å². The third-order valence-corrected chi connectivity index (χ3v) is 3.62. The zero-order chi connectivity index (χ0) is 18.4. The van der Waals surface area contributed by atoms with Crippen LogP contribution in [-0.2, 0) is 14.3 Å². The third-order valence-electron chi connectivity index (χ3n) is 3.62. The van der Waals surface area contributed by atoms with E-state index in [2.05, 4.69) is 10.1 Å². The summed E-state index contributed by atoms with van der Waals surface area (Å²) in [7, 11) is 1.30. The average molecular weight is 340 g/mol. The lowest BCUT2D eigenvalue weighted by molar-refractivity contribution is -0.120. The predicted molar refractivity (Wildman–Crippen MR) is 95.6 cm³/mol. The molecule has 1 N–H and O–H groups in total. The second-order valence-electron chi connectivity index (χ2n) is 5.56. The molecule has 0 fully saturated rings. The van der Waals surface area contributed by atoms with Gasteiger partial charge in [0.25, 0.3) is 0 Å². The molecule has 0 radical (unpaired) electrons. The number of esters is 1. The van der Waals surface area contributed by atoms with E-state index < -0.39 is 5.97 Å². The van der Waals surface area contributed by atoms with Crippen LogP contribution in [0.2, 0.25) is 0 Å². The van der Waals surface area contributed by atoms with Crippen LogP contribution in [0.4, 0.5) is 11.4 Å². The minimum absolute atomic E-state index is 0.124. The van der Waals surface area contributed by atoms with Gasteiger partial charge in [0, 0.05) is 18.3 Å². The summed E-state index contributed by atoms with van der Waals surface area (Å²) in [5.74, 6) is -1.04. The Morgan fingerprint density at radius 1 is 1.00 bits per heavy atom. The van der Waals surface area contributed by atoms with E-state index in [1.54, 1.807) is 36.4 Å². The zero-order valence-electron chi connectivity index (χ0n) is 14.4. The van der Waals surface area contributed by atoms with Gasteiger partial charge in [-0.05, 0) is 43.3 Å². The average Bonchev–Trinajstić information content (AvgIpc) is 2.61. The lowest BCUT2D eigenvalue weighted by atomic mass is 10.2. The molecule has 0 saturated heterocycles. The van der Waals surface area contributed by atoms with Crippen molar-refractivity contribution in [1.82, 2.24) is 0 Å². The van der Waals surface area contributed by atoms with E-state index in [-0.39, 0.29) is 18.4 Å². The fraction of sp³-hybridized carbons (Fsp3) is 0.211. The molecule has 0 aromatic heterocycles. The first-order valence-electron chi connectivity index (χ1n) is 7.73. The Balaban J connectivity index is 2.09. The summed E-state index contributed by atoms with van der Waals surface area (Å²) in [6, 6.07) is 13.7. The molecule has 0 spiro atoms. The Morgan fingerprint density at radius 3 is 2.12 bits per heavy atom. The molecule has 2 amide bonds. The summed E-state index contributed by atoms with van der Waals surface area (Å²) in [5, 5.41) is 2.76. The number of carbonyl (C=O) groups excluding carboxylic acids is 3. The molecule has 130 valence electrons. The van der Waals surface area contributed by atoms with Crippen LogP contribution < -0.4 is 10.2 Å². The Morgan fingerprint density at radius 2 is 1.60 bits per heavy atom. The molecule has 25 heavy (non-hydrogen) atoms. The number of benzene rings is 2. The molecule has 2 aromatic carbocycles. The monoisotopic (exact) mass is 340 g/mol. The molecular formula is C19H20N2O4. The van der Waals surface area contributed by atoms with E-state index in [9.17, 15) is 14.4 Å². The van der Waals surface area contributed by atoms with Crippen molar-refractivity contribution in [3.63, 3.8) is 0 Å². The smallest absolute Gasteiger partial charge is 0.337 e. The van der Waals surface area contributed by atoms with Crippen molar-refractivity contribution >= 4 is 29.2 Å². The molecule has 0 aliphatic carbocycles. The van der Waals surface area contributed by atoms with Crippen molar-refractivity contribution in [2.75, 3.05) is 23.9 Å². The van der Waals surface area contributed by atoms with Crippen LogP contribution >= 0.6 is 0 Å². The van der Waals surface area contributed by atoms with E-state index in [1.807, 2.05) is 19.1 Å². The summed E-state index contributed by atoms with van der Waals surface area (Å²) in [5.41, 5.74) is 2.66. The first-order valence-corrected chi connectivity index (χ1v) is 7.73. The highest BCUT2D eigenvalue weighted by Gasteiger charge is 2.16. The highest BCUT2D eigenvalue weighted by molar-refractivity contribution is 6.02. The lowest BCUT2D eigenvalue weighted by Crippen LogP contribution is -2.36. The van der Waals surface area contributed by atoms with Crippen LogP contribution in [0.1, 0.15) is 22.8 Å². The minimum Gasteiger partial charge on any atom is -0.465 e. The van der Waals surface area contributed by atoms with Crippen LogP contribution in [0.5, 0.6) is 0 Å². The third kappa shape index (κ3) is 4.91. The molecule has 0 unspecified atom stereocenters. The number of rotatable bonds is 5. The molecule has 0 bridgehead atoms. The van der Waals surface area contributed by atoms with Crippen molar-refractivity contribution in [2.45, 2.75) is 13.8 Å². The maximum atomic E-state index is 12.2. The van der Waals surface area contributed by atoms with E-state index in [1.165, 1.54) is 18.9 Å². The Bertz CT molecular complexity index is 767. The van der Waals surface area contributed by atoms with Gasteiger partial charge in [0.1, 0.15) is 6.54 Å². The molecule has 6 heteroatoms. The quantitative estimate of drug-likeness (QED) is 0.849. The second kappa shape index (κ2) is 8.10. The Kier molecular flexibility index (Phi) is 5.89. The molecule has 2 aromatic rings. The van der Waals surface area contributed by atoms with Gasteiger partial charge in [0.2, 0.25) is 11.8 Å². The highest BCUT2D eigenvalue weighted by Crippen LogP contribution is 2.17. The van der Waals surface area contributed by atoms with Crippen LogP contribution in [0.3, 0.4) is 0 Å². The second-order valence-corrected chi connectivity index (χ2v) is 5.56. The number of hydrogen-bond donors (Lipinski definition) is 1. The van der Waals surface area contributed by atoms with Gasteiger partial charge in [-0.3, -0.25) is 9.59 Å². The fourth-order valence-electron chi connectivity index (χ4n) is 2.26. The van der Waals surface area contributed by atoms with Gasteiger partial charge >= 0.3 is 5.97 Å². The molecule has 0 heterocycles. The number of carbonyl (C=O) groups is 3. The first-order chi connectivity index (χ1) is 11.9. The number of amides is 2. The summed E-state index contributed by atoms with van der Waals surface area (Å²) >= 11 is 0. The van der Waals surface area contributed by atoms with Gasteiger partial charge in [-0.1, -0.05) is 17.7 Å². The van der Waals surface area contributed by atoms with E-state index >= 15 is 0 Å². The maximum Gasteiger partial charge on any atom is 0.337 e. The van der Waals surface area contributed by atoms with Gasteiger partial charge in [-0.25, -0.2) is 4.79 Å². The first kappa shape index (κ1) is 18.2. The van der Waals surface area contributed by atoms with E-state index in [0.717, 1.165) is 5.56 Å². The molecule has 6 nitrogen and oxygen atoms in total. The molecule has 2 rings (SSSR count). The fourth-order valence-corrected chi connectivity index (χ4v) is 2.26. The predicted octanol–water partition coefficient (Wildman–Crippen LogP) is 2.77. The van der Waals surface area contributed by atoms with E-state index in [4.69, 9.17) is 0 Å². The Hall–Kier alpha value is -3.15. The van der Waals surface area contributed by atoms with Crippen molar-refractivity contribution in [1.29, 1.82) is 0 Å². The minimum atomic E-state index is -0.460. The number of hydrogen-bond acceptors (Lipinski definition) is 4. The van der Waals surface area contributed by atoms with Gasteiger partial charge in [-0.15, -0.1) is 0 Å². The summed E-state index contributed by atoms with van der Waals surface area (Å²) in [4.78, 5) is 36.9. The van der Waals surface area contributed by atoms with Crippen molar-refractivity contribution < 1.29 is 19.1 Å². The van der Waals surface area contributed by atoms with Crippen molar-refractivity contribution in [3.8, 4) is 0 Å². The summed E-state index contributed by atoms with van der Waals surface area (Å²) < 4.78 is 4.64. The van der Waals surface area contributed by atoms with E-state index in [0.29, 0.717) is 16.9 Å². The number of nitrogens with zero attached hydrogens (tertiary/aromatic N) is 1. The van der Waals surface area contributed by atoms with Crippen LogP contribution in [0.15, 0.2) is 48.5 Å². The molecule has 0 atom stereocenters. The molecule has 0 saturated carbocycles. The Labute approximate surface area is 146 Å². The van der Waals surface area contributed by atoms with Gasteiger partial charge in [-0.2, -0.15) is 0 Å². The molecular weight excluding hydrogens is 320 g/mol. The number of anilines is 2. The van der Waals surface area contributed by atoms with Gasteiger partial charge in [0.15, 0.2) is 0 Å². The largest absolute Gasteiger partial charge is 0.465 e. The van der Waals surface area contributed by atoms with Crippen LogP contribution in [0, 0.1) is 6.92 Å². The number of methoxy groups -OCH3 is 1. The summed E-state index contributed by atoms with van der Waals surface area (Å²) in [6.07, 6.45) is 0. The van der Waals surface area contributed by atoms with Crippen LogP contribution in [0.25, 0.3) is 0 Å². The number of nitrogens with one attached hydrogen (secondary N) is 1.